The Hall–Kier alpha value is -2.14. The van der Waals surface area contributed by atoms with Crippen LogP contribution in [-0.2, 0) is 18.4 Å². The zero-order chi connectivity index (χ0) is 18.0. The summed E-state index contributed by atoms with van der Waals surface area (Å²) in [6, 6.07) is 8.58. The van der Waals surface area contributed by atoms with Crippen LogP contribution in [0.4, 0.5) is 0 Å². The van der Waals surface area contributed by atoms with Gasteiger partial charge in [0.2, 0.25) is 5.91 Å². The van der Waals surface area contributed by atoms with Crippen molar-refractivity contribution in [1.29, 1.82) is 0 Å². The summed E-state index contributed by atoms with van der Waals surface area (Å²) in [5.74, 6) is 0.904. The molecule has 0 unspecified atom stereocenters. The molecule has 3 rings (SSSR count). The largest absolute Gasteiger partial charge is 0.341 e. The molecule has 1 aliphatic rings. The summed E-state index contributed by atoms with van der Waals surface area (Å²) in [6.07, 6.45) is 3.89. The number of nitrogens with zero attached hydrogens (tertiary/aromatic N) is 3. The van der Waals surface area contributed by atoms with Crippen LogP contribution in [0.15, 0.2) is 36.7 Å². The third-order valence-electron chi connectivity index (χ3n) is 5.13. The van der Waals surface area contributed by atoms with Gasteiger partial charge < -0.3 is 10.2 Å². The smallest absolute Gasteiger partial charge is 0.227 e. The first-order valence-electron chi connectivity index (χ1n) is 8.98. The van der Waals surface area contributed by atoms with E-state index in [2.05, 4.69) is 48.5 Å². The molecule has 5 heteroatoms. The Morgan fingerprint density at radius 1 is 1.32 bits per heavy atom. The molecule has 0 aliphatic carbocycles. The second-order valence-electron chi connectivity index (χ2n) is 7.41. The molecule has 0 saturated carbocycles. The van der Waals surface area contributed by atoms with E-state index in [9.17, 15) is 4.79 Å². The van der Waals surface area contributed by atoms with E-state index in [-0.39, 0.29) is 17.7 Å². The molecular weight excluding hydrogens is 312 g/mol. The van der Waals surface area contributed by atoms with Crippen LogP contribution in [-0.4, -0.2) is 40.7 Å². The van der Waals surface area contributed by atoms with Gasteiger partial charge in [0, 0.05) is 45.8 Å². The van der Waals surface area contributed by atoms with Gasteiger partial charge in [0.25, 0.3) is 0 Å². The number of aromatic nitrogens is 2. The van der Waals surface area contributed by atoms with Crippen LogP contribution >= 0.6 is 0 Å². The zero-order valence-corrected chi connectivity index (χ0v) is 15.6. The predicted molar refractivity (Wildman–Crippen MR) is 99.3 cm³/mol. The summed E-state index contributed by atoms with van der Waals surface area (Å²) in [5, 5.41) is 7.62. The molecule has 2 heterocycles. The number of carbonyl (C=O) groups is 1. The molecule has 2 aromatic rings. The van der Waals surface area contributed by atoms with Crippen molar-refractivity contribution in [2.45, 2.75) is 32.2 Å². The van der Waals surface area contributed by atoms with Crippen LogP contribution in [0.2, 0.25) is 0 Å². The Bertz CT molecular complexity index is 720. The summed E-state index contributed by atoms with van der Waals surface area (Å²) in [5.41, 5.74) is 3.64. The summed E-state index contributed by atoms with van der Waals surface area (Å²) < 4.78 is 1.80. The Morgan fingerprint density at radius 3 is 2.64 bits per heavy atom. The molecule has 0 bridgehead atoms. The lowest BCUT2D eigenvalue weighted by atomic mass is 9.90. The Labute approximate surface area is 150 Å². The van der Waals surface area contributed by atoms with Gasteiger partial charge in [-0.1, -0.05) is 38.1 Å². The Balaban J connectivity index is 1.67. The molecule has 1 aromatic heterocycles. The van der Waals surface area contributed by atoms with Gasteiger partial charge in [0.15, 0.2) is 0 Å². The average molecular weight is 340 g/mol. The number of aryl methyl sites for hydroxylation is 1. The lowest BCUT2D eigenvalue weighted by molar-refractivity contribution is -0.134. The van der Waals surface area contributed by atoms with Crippen LogP contribution in [0.25, 0.3) is 0 Å². The summed E-state index contributed by atoms with van der Waals surface area (Å²) in [6.45, 7) is 6.59. The lowest BCUT2D eigenvalue weighted by Gasteiger charge is -2.24. The van der Waals surface area contributed by atoms with E-state index in [1.54, 1.807) is 4.68 Å². The fraction of sp³-hybridized carbons (Fsp3) is 0.500. The second kappa shape index (κ2) is 7.40. The minimum absolute atomic E-state index is 0.0239. The first-order chi connectivity index (χ1) is 12.0. The fourth-order valence-corrected chi connectivity index (χ4v) is 3.56. The monoisotopic (exact) mass is 340 g/mol. The summed E-state index contributed by atoms with van der Waals surface area (Å²) >= 11 is 0. The average Bonchev–Trinajstić information content (AvgIpc) is 3.23. The predicted octanol–water partition coefficient (Wildman–Crippen LogP) is 2.51. The molecule has 1 amide bonds. The summed E-state index contributed by atoms with van der Waals surface area (Å²) in [4.78, 5) is 14.8. The van der Waals surface area contributed by atoms with Gasteiger partial charge in [0.1, 0.15) is 0 Å². The van der Waals surface area contributed by atoms with Crippen molar-refractivity contribution >= 4 is 5.91 Å². The van der Waals surface area contributed by atoms with Gasteiger partial charge in [-0.15, -0.1) is 0 Å². The molecule has 25 heavy (non-hydrogen) atoms. The van der Waals surface area contributed by atoms with Gasteiger partial charge in [-0.25, -0.2) is 0 Å². The number of amides is 1. The van der Waals surface area contributed by atoms with E-state index in [4.69, 9.17) is 0 Å². The van der Waals surface area contributed by atoms with Crippen LogP contribution < -0.4 is 5.32 Å². The molecule has 134 valence electrons. The maximum Gasteiger partial charge on any atom is 0.227 e. The number of hydrogen-bond acceptors (Lipinski definition) is 3. The standard InChI is InChI=1S/C20H28N4O/c1-14(2)16-7-5-15(6-8-16)12-23(3)20(25)19-11-21-10-18(19)17-9-22-24(4)13-17/h5-9,13-14,18-19,21H,10-12H2,1-4H3/t18-,19+/m1/s1. The van der Waals surface area contributed by atoms with Crippen LogP contribution in [0.3, 0.4) is 0 Å². The second-order valence-corrected chi connectivity index (χ2v) is 7.41. The highest BCUT2D eigenvalue weighted by molar-refractivity contribution is 5.80. The SMILES string of the molecule is CC(C)c1ccc(CN(C)C(=O)[C@H]2CNC[C@@H]2c2cnn(C)c2)cc1. The number of rotatable bonds is 5. The zero-order valence-electron chi connectivity index (χ0n) is 15.6. The van der Waals surface area contributed by atoms with E-state index < -0.39 is 0 Å². The van der Waals surface area contributed by atoms with Crippen molar-refractivity contribution in [2.75, 3.05) is 20.1 Å². The van der Waals surface area contributed by atoms with E-state index >= 15 is 0 Å². The number of hydrogen-bond donors (Lipinski definition) is 1. The van der Waals surface area contributed by atoms with Gasteiger partial charge in [0.05, 0.1) is 12.1 Å². The van der Waals surface area contributed by atoms with E-state index in [0.717, 1.165) is 18.7 Å². The molecule has 1 aliphatic heterocycles. The Morgan fingerprint density at radius 2 is 2.04 bits per heavy atom. The highest BCUT2D eigenvalue weighted by atomic mass is 16.2. The first kappa shape index (κ1) is 17.7. The van der Waals surface area contributed by atoms with Crippen LogP contribution in [0, 0.1) is 5.92 Å². The van der Waals surface area contributed by atoms with E-state index in [1.807, 2.05) is 31.4 Å². The molecule has 0 radical (unpaired) electrons. The minimum Gasteiger partial charge on any atom is -0.341 e. The normalized spacial score (nSPS) is 20.2. The van der Waals surface area contributed by atoms with Crippen molar-refractivity contribution < 1.29 is 4.79 Å². The van der Waals surface area contributed by atoms with Gasteiger partial charge in [-0.2, -0.15) is 5.10 Å². The third kappa shape index (κ3) is 3.93. The lowest BCUT2D eigenvalue weighted by Crippen LogP contribution is -2.35. The molecule has 0 spiro atoms. The third-order valence-corrected chi connectivity index (χ3v) is 5.13. The molecular formula is C20H28N4O. The molecule has 1 saturated heterocycles. The van der Waals surface area contributed by atoms with Crippen molar-refractivity contribution in [3.05, 3.63) is 53.3 Å². The highest BCUT2D eigenvalue weighted by Crippen LogP contribution is 2.29. The van der Waals surface area contributed by atoms with Crippen molar-refractivity contribution in [2.24, 2.45) is 13.0 Å². The van der Waals surface area contributed by atoms with Gasteiger partial charge in [-0.05, 0) is 22.6 Å². The first-order valence-corrected chi connectivity index (χ1v) is 8.98. The fourth-order valence-electron chi connectivity index (χ4n) is 3.56. The van der Waals surface area contributed by atoms with Crippen molar-refractivity contribution in [3.8, 4) is 0 Å². The van der Waals surface area contributed by atoms with Crippen molar-refractivity contribution in [3.63, 3.8) is 0 Å². The number of benzene rings is 1. The van der Waals surface area contributed by atoms with Crippen LogP contribution in [0.1, 0.15) is 42.4 Å². The quantitative estimate of drug-likeness (QED) is 0.910. The minimum atomic E-state index is -0.0239. The molecule has 1 fully saturated rings. The maximum atomic E-state index is 13.0. The van der Waals surface area contributed by atoms with Crippen molar-refractivity contribution in [1.82, 2.24) is 20.0 Å². The maximum absolute atomic E-state index is 13.0. The topological polar surface area (TPSA) is 50.2 Å². The molecule has 1 N–H and O–H groups in total. The molecule has 1 aromatic carbocycles. The summed E-state index contributed by atoms with van der Waals surface area (Å²) in [7, 11) is 3.81. The van der Waals surface area contributed by atoms with Gasteiger partial charge >= 0.3 is 0 Å². The number of carbonyl (C=O) groups excluding carboxylic acids is 1. The Kier molecular flexibility index (Phi) is 5.23. The van der Waals surface area contributed by atoms with E-state index in [0.29, 0.717) is 12.5 Å². The highest BCUT2D eigenvalue weighted by Gasteiger charge is 2.36. The van der Waals surface area contributed by atoms with Gasteiger partial charge in [-0.3, -0.25) is 9.48 Å². The van der Waals surface area contributed by atoms with E-state index in [1.165, 1.54) is 11.1 Å². The molecule has 2 atom stereocenters. The number of nitrogens with one attached hydrogen (secondary N) is 1. The van der Waals surface area contributed by atoms with Crippen LogP contribution in [0.5, 0.6) is 0 Å². The molecule has 5 nitrogen and oxygen atoms in total.